The Morgan fingerprint density at radius 1 is 1.21 bits per heavy atom. The number of hydrogen-bond donors (Lipinski definition) is 1. The first-order valence-corrected chi connectivity index (χ1v) is 6.21. The van der Waals surface area contributed by atoms with Gasteiger partial charge in [-0.1, -0.05) is 24.3 Å². The molecule has 1 aromatic heterocycles. The normalized spacial score (nSPS) is 11.2. The molecular weight excluding hydrogens is 248 g/mol. The molecule has 0 atom stereocenters. The van der Waals surface area contributed by atoms with Gasteiger partial charge in [-0.05, 0) is 11.6 Å². The Balaban J connectivity index is 1.73. The van der Waals surface area contributed by atoms with Crippen molar-refractivity contribution in [3.8, 4) is 0 Å². The molecule has 1 N–H and O–H groups in total. The van der Waals surface area contributed by atoms with E-state index in [0.717, 1.165) is 24.2 Å². The molecule has 0 spiro atoms. The summed E-state index contributed by atoms with van der Waals surface area (Å²) in [5, 5.41) is 7.55. The van der Waals surface area contributed by atoms with Gasteiger partial charge in [-0.25, -0.2) is 8.78 Å². The molecule has 1 heterocycles. The van der Waals surface area contributed by atoms with E-state index in [-0.39, 0.29) is 5.56 Å². The number of aromatic nitrogens is 2. The highest BCUT2D eigenvalue weighted by atomic mass is 19.3. The monoisotopic (exact) mass is 265 g/mol. The molecule has 0 aliphatic carbocycles. The average Bonchev–Trinajstić information content (AvgIpc) is 2.81. The summed E-state index contributed by atoms with van der Waals surface area (Å²) in [6, 6.07) is 8.39. The minimum atomic E-state index is -2.40. The van der Waals surface area contributed by atoms with Crippen LogP contribution in [-0.2, 0) is 20.0 Å². The van der Waals surface area contributed by atoms with Crippen molar-refractivity contribution in [2.75, 3.05) is 6.54 Å². The van der Waals surface area contributed by atoms with E-state index in [1.165, 1.54) is 12.1 Å². The number of benzene rings is 1. The van der Waals surface area contributed by atoms with E-state index < -0.39 is 6.43 Å². The number of aryl methyl sites for hydroxylation is 1. The number of halogens is 2. The fourth-order valence-electron chi connectivity index (χ4n) is 1.83. The summed E-state index contributed by atoms with van der Waals surface area (Å²) >= 11 is 0. The first-order valence-electron chi connectivity index (χ1n) is 6.21. The van der Waals surface area contributed by atoms with Crippen LogP contribution in [0.15, 0.2) is 36.5 Å². The van der Waals surface area contributed by atoms with Crippen LogP contribution in [-0.4, -0.2) is 16.3 Å². The van der Waals surface area contributed by atoms with Gasteiger partial charge < -0.3 is 5.32 Å². The van der Waals surface area contributed by atoms with E-state index >= 15 is 0 Å². The van der Waals surface area contributed by atoms with Crippen molar-refractivity contribution >= 4 is 0 Å². The van der Waals surface area contributed by atoms with Crippen LogP contribution in [0.4, 0.5) is 8.78 Å². The van der Waals surface area contributed by atoms with Crippen molar-refractivity contribution in [1.82, 2.24) is 15.1 Å². The SMILES string of the molecule is Cn1ccc(CCNCc2ccc(C(F)F)cc2)n1. The maximum atomic E-state index is 12.4. The lowest BCUT2D eigenvalue weighted by Crippen LogP contribution is -2.17. The number of rotatable bonds is 6. The predicted molar refractivity (Wildman–Crippen MR) is 70.0 cm³/mol. The lowest BCUT2D eigenvalue weighted by atomic mass is 10.1. The third-order valence-corrected chi connectivity index (χ3v) is 2.89. The third kappa shape index (κ3) is 4.13. The molecule has 5 heteroatoms. The molecule has 0 bridgehead atoms. The topological polar surface area (TPSA) is 29.9 Å². The van der Waals surface area contributed by atoms with Crippen LogP contribution in [0.2, 0.25) is 0 Å². The molecule has 19 heavy (non-hydrogen) atoms. The molecule has 0 fully saturated rings. The fraction of sp³-hybridized carbons (Fsp3) is 0.357. The third-order valence-electron chi connectivity index (χ3n) is 2.89. The Bertz CT molecular complexity index is 506. The molecule has 0 radical (unpaired) electrons. The zero-order valence-corrected chi connectivity index (χ0v) is 10.8. The molecule has 0 aliphatic rings. The molecule has 2 aromatic rings. The summed E-state index contributed by atoms with van der Waals surface area (Å²) < 4.78 is 26.5. The number of nitrogens with one attached hydrogen (secondary N) is 1. The molecule has 0 unspecified atom stereocenters. The number of hydrogen-bond acceptors (Lipinski definition) is 2. The summed E-state index contributed by atoms with van der Waals surface area (Å²) in [4.78, 5) is 0. The van der Waals surface area contributed by atoms with E-state index in [2.05, 4.69) is 10.4 Å². The van der Waals surface area contributed by atoms with Gasteiger partial charge in [-0.3, -0.25) is 4.68 Å². The molecule has 0 aliphatic heterocycles. The molecule has 0 saturated carbocycles. The van der Waals surface area contributed by atoms with E-state index in [4.69, 9.17) is 0 Å². The second kappa shape index (κ2) is 6.43. The Kier molecular flexibility index (Phi) is 4.63. The van der Waals surface area contributed by atoms with E-state index in [9.17, 15) is 8.78 Å². The van der Waals surface area contributed by atoms with E-state index in [0.29, 0.717) is 6.54 Å². The van der Waals surface area contributed by atoms with Crippen LogP contribution in [0, 0.1) is 0 Å². The van der Waals surface area contributed by atoms with Crippen molar-refractivity contribution in [3.63, 3.8) is 0 Å². The minimum absolute atomic E-state index is 0.0669. The Labute approximate surface area is 111 Å². The van der Waals surface area contributed by atoms with Crippen molar-refractivity contribution in [2.45, 2.75) is 19.4 Å². The van der Waals surface area contributed by atoms with Crippen molar-refractivity contribution in [1.29, 1.82) is 0 Å². The summed E-state index contributed by atoms with van der Waals surface area (Å²) in [5.41, 5.74) is 2.12. The van der Waals surface area contributed by atoms with Crippen LogP contribution in [0.1, 0.15) is 23.2 Å². The van der Waals surface area contributed by atoms with Gasteiger partial charge in [-0.2, -0.15) is 5.10 Å². The zero-order chi connectivity index (χ0) is 13.7. The van der Waals surface area contributed by atoms with Crippen molar-refractivity contribution in [2.24, 2.45) is 7.05 Å². The summed E-state index contributed by atoms with van der Waals surface area (Å²) in [5.74, 6) is 0. The second-order valence-electron chi connectivity index (χ2n) is 4.45. The Morgan fingerprint density at radius 2 is 1.95 bits per heavy atom. The van der Waals surface area contributed by atoms with E-state index in [1.54, 1.807) is 16.8 Å². The van der Waals surface area contributed by atoms with Crippen LogP contribution in [0.3, 0.4) is 0 Å². The standard InChI is InChI=1S/C14H17F2N3/c1-19-9-7-13(18-19)6-8-17-10-11-2-4-12(5-3-11)14(15)16/h2-5,7,9,14,17H,6,8,10H2,1H3. The van der Waals surface area contributed by atoms with Gasteiger partial charge in [0.15, 0.2) is 0 Å². The van der Waals surface area contributed by atoms with Gasteiger partial charge in [0.25, 0.3) is 6.43 Å². The molecule has 1 aromatic carbocycles. The molecule has 3 nitrogen and oxygen atoms in total. The number of alkyl halides is 2. The van der Waals surface area contributed by atoms with Crippen molar-refractivity contribution in [3.05, 3.63) is 53.3 Å². The van der Waals surface area contributed by atoms with Crippen LogP contribution < -0.4 is 5.32 Å². The summed E-state index contributed by atoms with van der Waals surface area (Å²) in [6.45, 7) is 1.49. The lowest BCUT2D eigenvalue weighted by Gasteiger charge is -2.05. The quantitative estimate of drug-likeness (QED) is 0.814. The van der Waals surface area contributed by atoms with Gasteiger partial charge >= 0.3 is 0 Å². The highest BCUT2D eigenvalue weighted by Crippen LogP contribution is 2.18. The Hall–Kier alpha value is -1.75. The first-order chi connectivity index (χ1) is 9.15. The van der Waals surface area contributed by atoms with Crippen molar-refractivity contribution < 1.29 is 8.78 Å². The van der Waals surface area contributed by atoms with Gasteiger partial charge in [0.05, 0.1) is 5.69 Å². The highest BCUT2D eigenvalue weighted by Gasteiger charge is 2.05. The van der Waals surface area contributed by atoms with Gasteiger partial charge in [0.2, 0.25) is 0 Å². The smallest absolute Gasteiger partial charge is 0.263 e. The molecule has 0 amide bonds. The minimum Gasteiger partial charge on any atom is -0.312 e. The number of nitrogens with zero attached hydrogens (tertiary/aromatic N) is 2. The van der Waals surface area contributed by atoms with Gasteiger partial charge in [-0.15, -0.1) is 0 Å². The molecular formula is C14H17F2N3. The highest BCUT2D eigenvalue weighted by molar-refractivity contribution is 5.23. The molecule has 102 valence electrons. The zero-order valence-electron chi connectivity index (χ0n) is 10.8. The van der Waals surface area contributed by atoms with E-state index in [1.807, 2.05) is 19.3 Å². The predicted octanol–water partition coefficient (Wildman–Crippen LogP) is 2.69. The summed E-state index contributed by atoms with van der Waals surface area (Å²) in [7, 11) is 1.89. The average molecular weight is 265 g/mol. The molecule has 2 rings (SSSR count). The first kappa shape index (κ1) is 13.7. The van der Waals surface area contributed by atoms with Gasteiger partial charge in [0, 0.05) is 38.3 Å². The maximum absolute atomic E-state index is 12.4. The lowest BCUT2D eigenvalue weighted by molar-refractivity contribution is 0.151. The Morgan fingerprint density at radius 3 is 2.53 bits per heavy atom. The van der Waals surface area contributed by atoms with Crippen LogP contribution in [0.5, 0.6) is 0 Å². The second-order valence-corrected chi connectivity index (χ2v) is 4.45. The van der Waals surface area contributed by atoms with Gasteiger partial charge in [0.1, 0.15) is 0 Å². The fourth-order valence-corrected chi connectivity index (χ4v) is 1.83. The van der Waals surface area contributed by atoms with Crippen LogP contribution >= 0.6 is 0 Å². The molecule has 0 saturated heterocycles. The maximum Gasteiger partial charge on any atom is 0.263 e. The summed E-state index contributed by atoms with van der Waals surface area (Å²) in [6.07, 6.45) is 0.375. The van der Waals surface area contributed by atoms with Crippen LogP contribution in [0.25, 0.3) is 0 Å². The largest absolute Gasteiger partial charge is 0.312 e.